The molecule has 2 fully saturated rings. The van der Waals surface area contributed by atoms with Gasteiger partial charge < -0.3 is 16.0 Å². The predicted molar refractivity (Wildman–Crippen MR) is 121 cm³/mol. The lowest BCUT2D eigenvalue weighted by molar-refractivity contribution is -0.00513. The molecule has 1 atom stereocenters. The maximum Gasteiger partial charge on any atom is 0.314 e. The summed E-state index contributed by atoms with van der Waals surface area (Å²) >= 11 is 13.2. The van der Waals surface area contributed by atoms with Gasteiger partial charge in [0.2, 0.25) is 0 Å². The maximum atomic E-state index is 11.9. The number of hydrogen-bond acceptors (Lipinski definition) is 3. The standard InChI is InChI=1S/C22H34Cl2N4O/c1-3-22(28-14-12-25-13-15-28,18-6-5-7-19(23)20(18)24)16-8-10-17(11-9-16)27-21(29)26-4-2/h5-7,16-17,25H,3-4,8-15H2,1-2H3,(H2,26,27,29). The Kier molecular flexibility index (Phi) is 8.08. The first-order valence-corrected chi connectivity index (χ1v) is 11.7. The Labute approximate surface area is 184 Å². The summed E-state index contributed by atoms with van der Waals surface area (Å²) in [6.07, 6.45) is 5.11. The number of piperazine rings is 1. The van der Waals surface area contributed by atoms with Gasteiger partial charge in [-0.25, -0.2) is 4.79 Å². The van der Waals surface area contributed by atoms with E-state index in [9.17, 15) is 4.79 Å². The summed E-state index contributed by atoms with van der Waals surface area (Å²) in [7, 11) is 0. The predicted octanol–water partition coefficient (Wildman–Crippen LogP) is 4.38. The van der Waals surface area contributed by atoms with Gasteiger partial charge in [0.15, 0.2) is 0 Å². The second-order valence-electron chi connectivity index (χ2n) is 8.17. The molecule has 3 N–H and O–H groups in total. The largest absolute Gasteiger partial charge is 0.338 e. The maximum absolute atomic E-state index is 11.9. The number of carbonyl (C=O) groups excluding carboxylic acids is 1. The SMILES string of the molecule is CCNC(=O)NC1CCC(C(CC)(c2cccc(Cl)c2Cl)N2CCNCC2)CC1. The monoisotopic (exact) mass is 440 g/mol. The second kappa shape index (κ2) is 10.3. The number of rotatable bonds is 6. The highest BCUT2D eigenvalue weighted by atomic mass is 35.5. The van der Waals surface area contributed by atoms with Gasteiger partial charge in [-0.05, 0) is 56.6 Å². The van der Waals surface area contributed by atoms with E-state index in [1.807, 2.05) is 19.1 Å². The van der Waals surface area contributed by atoms with Crippen LogP contribution in [0.2, 0.25) is 10.0 Å². The molecule has 1 aliphatic heterocycles. The Balaban J connectivity index is 1.86. The molecule has 162 valence electrons. The van der Waals surface area contributed by atoms with Gasteiger partial charge in [-0.1, -0.05) is 42.3 Å². The number of halogens is 2. The highest BCUT2D eigenvalue weighted by Gasteiger charge is 2.46. The molecule has 1 saturated carbocycles. The Hall–Kier alpha value is -1.01. The molecule has 1 aliphatic carbocycles. The summed E-state index contributed by atoms with van der Waals surface area (Å²) in [6.45, 7) is 8.87. The van der Waals surface area contributed by atoms with Crippen LogP contribution >= 0.6 is 23.2 Å². The van der Waals surface area contributed by atoms with Crippen LogP contribution in [0.3, 0.4) is 0 Å². The molecule has 0 spiro atoms. The van der Waals surface area contributed by atoms with Crippen molar-refractivity contribution in [3.63, 3.8) is 0 Å². The van der Waals surface area contributed by atoms with E-state index in [1.165, 1.54) is 0 Å². The zero-order valence-electron chi connectivity index (χ0n) is 17.6. The molecule has 3 rings (SSSR count). The summed E-state index contributed by atoms with van der Waals surface area (Å²) < 4.78 is 0. The van der Waals surface area contributed by atoms with Crippen LogP contribution in [0.1, 0.15) is 51.5 Å². The van der Waals surface area contributed by atoms with Crippen molar-refractivity contribution in [3.05, 3.63) is 33.8 Å². The third-order valence-electron chi connectivity index (χ3n) is 6.71. The molecular weight excluding hydrogens is 407 g/mol. The summed E-state index contributed by atoms with van der Waals surface area (Å²) in [6, 6.07) is 6.25. The summed E-state index contributed by atoms with van der Waals surface area (Å²) in [4.78, 5) is 14.6. The Bertz CT molecular complexity index is 687. The first-order chi connectivity index (χ1) is 14.0. The minimum atomic E-state index is -0.124. The van der Waals surface area contributed by atoms with Crippen molar-refractivity contribution >= 4 is 29.2 Å². The number of benzene rings is 1. The first-order valence-electron chi connectivity index (χ1n) is 11.0. The molecule has 0 radical (unpaired) electrons. The van der Waals surface area contributed by atoms with Gasteiger partial charge >= 0.3 is 6.03 Å². The number of carbonyl (C=O) groups is 1. The van der Waals surface area contributed by atoms with E-state index in [2.05, 4.69) is 33.8 Å². The fraction of sp³-hybridized carbons (Fsp3) is 0.682. The lowest BCUT2D eigenvalue weighted by Gasteiger charge is -2.52. The number of nitrogens with one attached hydrogen (secondary N) is 3. The van der Waals surface area contributed by atoms with E-state index in [1.54, 1.807) is 0 Å². The molecule has 2 aliphatic rings. The lowest BCUT2D eigenvalue weighted by atomic mass is 9.67. The fourth-order valence-corrected chi connectivity index (χ4v) is 5.83. The molecule has 2 amide bonds. The van der Waals surface area contributed by atoms with E-state index >= 15 is 0 Å². The Morgan fingerprint density at radius 2 is 1.86 bits per heavy atom. The van der Waals surface area contributed by atoms with Gasteiger partial charge in [0, 0.05) is 38.8 Å². The Morgan fingerprint density at radius 3 is 2.48 bits per heavy atom. The van der Waals surface area contributed by atoms with Crippen LogP contribution in [-0.4, -0.2) is 49.7 Å². The normalized spacial score (nSPS) is 25.2. The summed E-state index contributed by atoms with van der Waals surface area (Å²) in [5, 5.41) is 10.8. The quantitative estimate of drug-likeness (QED) is 0.614. The van der Waals surface area contributed by atoms with Crippen LogP contribution in [-0.2, 0) is 5.54 Å². The van der Waals surface area contributed by atoms with Crippen molar-refractivity contribution in [3.8, 4) is 0 Å². The molecule has 0 aromatic heterocycles. The van der Waals surface area contributed by atoms with Gasteiger partial charge in [-0.2, -0.15) is 0 Å². The van der Waals surface area contributed by atoms with Crippen molar-refractivity contribution in [2.45, 2.75) is 57.5 Å². The van der Waals surface area contributed by atoms with Crippen molar-refractivity contribution in [2.75, 3.05) is 32.7 Å². The minimum absolute atomic E-state index is 0.0577. The van der Waals surface area contributed by atoms with Crippen LogP contribution in [0.5, 0.6) is 0 Å². The summed E-state index contributed by atoms with van der Waals surface area (Å²) in [5.74, 6) is 0.480. The molecule has 29 heavy (non-hydrogen) atoms. The Morgan fingerprint density at radius 1 is 1.17 bits per heavy atom. The van der Waals surface area contributed by atoms with Crippen LogP contribution in [0.4, 0.5) is 4.79 Å². The average Bonchev–Trinajstić information content (AvgIpc) is 2.74. The molecule has 1 saturated heterocycles. The van der Waals surface area contributed by atoms with Crippen molar-refractivity contribution in [1.29, 1.82) is 0 Å². The lowest BCUT2D eigenvalue weighted by Crippen LogP contribution is -2.58. The highest BCUT2D eigenvalue weighted by Crippen LogP contribution is 2.49. The number of urea groups is 1. The first kappa shape index (κ1) is 22.7. The average molecular weight is 441 g/mol. The molecule has 1 aromatic carbocycles. The molecule has 7 heteroatoms. The van der Waals surface area contributed by atoms with Crippen LogP contribution in [0, 0.1) is 5.92 Å². The van der Waals surface area contributed by atoms with Gasteiger partial charge in [0.1, 0.15) is 0 Å². The molecule has 1 aromatic rings. The van der Waals surface area contributed by atoms with E-state index in [-0.39, 0.29) is 17.6 Å². The van der Waals surface area contributed by atoms with Gasteiger partial charge in [-0.3, -0.25) is 4.90 Å². The zero-order chi connectivity index (χ0) is 20.9. The number of amides is 2. The van der Waals surface area contributed by atoms with E-state index in [0.29, 0.717) is 22.5 Å². The highest BCUT2D eigenvalue weighted by molar-refractivity contribution is 6.42. The van der Waals surface area contributed by atoms with E-state index in [4.69, 9.17) is 23.2 Å². The smallest absolute Gasteiger partial charge is 0.314 e. The number of nitrogens with zero attached hydrogens (tertiary/aromatic N) is 1. The second-order valence-corrected chi connectivity index (χ2v) is 8.95. The van der Waals surface area contributed by atoms with E-state index < -0.39 is 0 Å². The van der Waals surface area contributed by atoms with Gasteiger partial charge in [0.05, 0.1) is 15.6 Å². The summed E-state index contributed by atoms with van der Waals surface area (Å²) in [5.41, 5.74) is 1.04. The van der Waals surface area contributed by atoms with Crippen molar-refractivity contribution in [2.24, 2.45) is 5.92 Å². The zero-order valence-corrected chi connectivity index (χ0v) is 19.1. The van der Waals surface area contributed by atoms with Crippen LogP contribution < -0.4 is 16.0 Å². The van der Waals surface area contributed by atoms with E-state index in [0.717, 1.165) is 63.8 Å². The topological polar surface area (TPSA) is 56.4 Å². The molecule has 1 unspecified atom stereocenters. The number of hydrogen-bond donors (Lipinski definition) is 3. The molecule has 1 heterocycles. The third kappa shape index (κ3) is 4.84. The minimum Gasteiger partial charge on any atom is -0.338 e. The fourth-order valence-electron chi connectivity index (χ4n) is 5.37. The van der Waals surface area contributed by atoms with Crippen LogP contribution in [0.15, 0.2) is 18.2 Å². The third-order valence-corrected chi connectivity index (χ3v) is 7.53. The molecule has 5 nitrogen and oxygen atoms in total. The molecule has 0 bridgehead atoms. The van der Waals surface area contributed by atoms with Gasteiger partial charge in [0.25, 0.3) is 0 Å². The van der Waals surface area contributed by atoms with Gasteiger partial charge in [-0.15, -0.1) is 0 Å². The van der Waals surface area contributed by atoms with Crippen molar-refractivity contribution < 1.29 is 4.79 Å². The molecular formula is C22H34Cl2N4O. The van der Waals surface area contributed by atoms with Crippen LogP contribution in [0.25, 0.3) is 0 Å². The van der Waals surface area contributed by atoms with Crippen molar-refractivity contribution in [1.82, 2.24) is 20.9 Å².